The zero-order chi connectivity index (χ0) is 13.5. The summed E-state index contributed by atoms with van der Waals surface area (Å²) in [5, 5.41) is 0. The molecule has 0 bridgehead atoms. The molecule has 0 radical (unpaired) electrons. The first-order chi connectivity index (χ1) is 9.81. The smallest absolute Gasteiger partial charge is 0.177 e. The number of hydrogen-bond acceptors (Lipinski definition) is 3. The average molecular weight is 265 g/mol. The molecule has 3 heterocycles. The highest BCUT2D eigenvalue weighted by atomic mass is 16.5. The van der Waals surface area contributed by atoms with Crippen LogP contribution in [0.25, 0.3) is 11.2 Å². The molecule has 1 aromatic carbocycles. The van der Waals surface area contributed by atoms with Gasteiger partial charge in [0.25, 0.3) is 0 Å². The van der Waals surface area contributed by atoms with E-state index in [1.807, 2.05) is 31.3 Å². The van der Waals surface area contributed by atoms with E-state index in [0.29, 0.717) is 0 Å². The third-order valence-electron chi connectivity index (χ3n) is 3.78. The molecule has 0 amide bonds. The maximum absolute atomic E-state index is 5.71. The quantitative estimate of drug-likeness (QED) is 0.735. The first-order valence-electron chi connectivity index (χ1n) is 6.85. The van der Waals surface area contributed by atoms with Gasteiger partial charge in [-0.15, -0.1) is 0 Å². The molecular formula is C16H15N3O. The van der Waals surface area contributed by atoms with Gasteiger partial charge in [0.1, 0.15) is 11.6 Å². The van der Waals surface area contributed by atoms with E-state index >= 15 is 0 Å². The maximum Gasteiger partial charge on any atom is 0.177 e. The van der Waals surface area contributed by atoms with Crippen LogP contribution in [-0.4, -0.2) is 21.6 Å². The summed E-state index contributed by atoms with van der Waals surface area (Å²) in [7, 11) is 0. The third kappa shape index (κ3) is 1.76. The molecule has 3 aromatic rings. The molecule has 2 aromatic heterocycles. The zero-order valence-corrected chi connectivity index (χ0v) is 11.3. The van der Waals surface area contributed by atoms with Gasteiger partial charge in [0, 0.05) is 17.7 Å². The molecule has 4 nitrogen and oxygen atoms in total. The van der Waals surface area contributed by atoms with Crippen molar-refractivity contribution in [1.29, 1.82) is 0 Å². The van der Waals surface area contributed by atoms with E-state index in [2.05, 4.69) is 27.1 Å². The Bertz CT molecular complexity index is 778. The van der Waals surface area contributed by atoms with Crippen molar-refractivity contribution in [1.82, 2.24) is 15.0 Å². The highest BCUT2D eigenvalue weighted by Gasteiger charge is 2.25. The number of rotatable bonds is 1. The number of fused-ring (bicyclic) bond motifs is 2. The molecule has 100 valence electrons. The second kappa shape index (κ2) is 4.34. The van der Waals surface area contributed by atoms with Gasteiger partial charge in [-0.1, -0.05) is 18.2 Å². The number of para-hydroxylation sites is 1. The highest BCUT2D eigenvalue weighted by Crippen LogP contribution is 2.37. The Kier molecular flexibility index (Phi) is 2.49. The zero-order valence-electron chi connectivity index (χ0n) is 11.3. The van der Waals surface area contributed by atoms with E-state index in [4.69, 9.17) is 4.74 Å². The van der Waals surface area contributed by atoms with E-state index < -0.39 is 0 Å². The van der Waals surface area contributed by atoms with E-state index in [1.165, 1.54) is 5.56 Å². The lowest BCUT2D eigenvalue weighted by molar-refractivity contribution is 0.275. The molecule has 4 rings (SSSR count). The number of benzene rings is 1. The summed E-state index contributed by atoms with van der Waals surface area (Å²) < 4.78 is 5.71. The number of H-pyrrole nitrogens is 1. The minimum absolute atomic E-state index is 0.259. The van der Waals surface area contributed by atoms with E-state index in [-0.39, 0.29) is 5.92 Å². The summed E-state index contributed by atoms with van der Waals surface area (Å²) in [5.74, 6) is 2.21. The number of nitrogens with zero attached hydrogens (tertiary/aromatic N) is 2. The molecule has 4 heteroatoms. The summed E-state index contributed by atoms with van der Waals surface area (Å²) in [6, 6.07) is 10.3. The predicted molar refractivity (Wildman–Crippen MR) is 77.0 cm³/mol. The molecule has 0 aliphatic carbocycles. The monoisotopic (exact) mass is 265 g/mol. The van der Waals surface area contributed by atoms with Crippen molar-refractivity contribution in [3.8, 4) is 5.75 Å². The van der Waals surface area contributed by atoms with Crippen molar-refractivity contribution >= 4 is 11.2 Å². The molecule has 1 atom stereocenters. The summed E-state index contributed by atoms with van der Waals surface area (Å²) >= 11 is 0. The molecule has 0 saturated carbocycles. The van der Waals surface area contributed by atoms with Crippen molar-refractivity contribution in [2.24, 2.45) is 0 Å². The van der Waals surface area contributed by atoms with Crippen LogP contribution in [0.5, 0.6) is 5.75 Å². The lowest BCUT2D eigenvalue weighted by Gasteiger charge is -2.24. The van der Waals surface area contributed by atoms with Gasteiger partial charge >= 0.3 is 0 Å². The van der Waals surface area contributed by atoms with Crippen LogP contribution in [0.4, 0.5) is 0 Å². The van der Waals surface area contributed by atoms with Crippen molar-refractivity contribution in [3.05, 3.63) is 53.5 Å². The fraction of sp³-hybridized carbons (Fsp3) is 0.250. The number of hydrogen-bond donors (Lipinski definition) is 1. The fourth-order valence-corrected chi connectivity index (χ4v) is 2.81. The predicted octanol–water partition coefficient (Wildman–Crippen LogP) is 3.18. The number of imidazole rings is 1. The number of ether oxygens (including phenoxy) is 1. The van der Waals surface area contributed by atoms with Crippen LogP contribution in [0.1, 0.15) is 29.3 Å². The van der Waals surface area contributed by atoms with E-state index in [9.17, 15) is 0 Å². The van der Waals surface area contributed by atoms with Gasteiger partial charge in [-0.3, -0.25) is 0 Å². The van der Waals surface area contributed by atoms with Crippen molar-refractivity contribution in [2.75, 3.05) is 6.61 Å². The summed E-state index contributed by atoms with van der Waals surface area (Å²) in [6.07, 6.45) is 2.79. The lowest BCUT2D eigenvalue weighted by atomic mass is 9.92. The summed E-state index contributed by atoms with van der Waals surface area (Å²) in [4.78, 5) is 12.5. The molecule has 1 unspecified atom stereocenters. The number of aromatic amines is 1. The van der Waals surface area contributed by atoms with Gasteiger partial charge in [-0.05, 0) is 31.0 Å². The standard InChI is InChI=1S/C16H15N3O/c1-10-8-13-16(17-9-10)19-15(18-13)12-6-7-20-14-5-3-2-4-11(12)14/h2-5,8-9,12H,6-7H2,1H3,(H,17,18,19). The topological polar surface area (TPSA) is 50.8 Å². The second-order valence-electron chi connectivity index (χ2n) is 5.23. The molecular weight excluding hydrogens is 250 g/mol. The Morgan fingerprint density at radius 2 is 2.20 bits per heavy atom. The SMILES string of the molecule is Cc1cnc2nc(C3CCOc4ccccc43)[nH]c2c1. The Morgan fingerprint density at radius 1 is 1.30 bits per heavy atom. The van der Waals surface area contributed by atoms with E-state index in [0.717, 1.165) is 41.3 Å². The first kappa shape index (κ1) is 11.5. The van der Waals surface area contributed by atoms with Crippen LogP contribution < -0.4 is 4.74 Å². The molecule has 1 aliphatic heterocycles. The Hall–Kier alpha value is -2.36. The number of nitrogens with one attached hydrogen (secondary N) is 1. The van der Waals surface area contributed by atoms with Crippen molar-refractivity contribution in [3.63, 3.8) is 0 Å². The molecule has 0 fully saturated rings. The fourth-order valence-electron chi connectivity index (χ4n) is 2.81. The summed E-state index contributed by atoms with van der Waals surface area (Å²) in [6.45, 7) is 2.77. The average Bonchev–Trinajstić information content (AvgIpc) is 2.89. The first-order valence-corrected chi connectivity index (χ1v) is 6.85. The molecule has 20 heavy (non-hydrogen) atoms. The van der Waals surface area contributed by atoms with Crippen LogP contribution in [-0.2, 0) is 0 Å². The number of pyridine rings is 1. The molecule has 0 spiro atoms. The van der Waals surface area contributed by atoms with Crippen LogP contribution in [0.3, 0.4) is 0 Å². The van der Waals surface area contributed by atoms with Gasteiger partial charge in [-0.25, -0.2) is 9.97 Å². The van der Waals surface area contributed by atoms with Gasteiger partial charge < -0.3 is 9.72 Å². The van der Waals surface area contributed by atoms with Crippen LogP contribution in [0.2, 0.25) is 0 Å². The van der Waals surface area contributed by atoms with Crippen LogP contribution >= 0.6 is 0 Å². The van der Waals surface area contributed by atoms with Gasteiger partial charge in [0.15, 0.2) is 5.65 Å². The normalized spacial score (nSPS) is 17.8. The summed E-state index contributed by atoms with van der Waals surface area (Å²) in [5.41, 5.74) is 4.13. The Labute approximate surface area is 116 Å². The van der Waals surface area contributed by atoms with Gasteiger partial charge in [0.2, 0.25) is 0 Å². The minimum Gasteiger partial charge on any atom is -0.493 e. The largest absolute Gasteiger partial charge is 0.493 e. The van der Waals surface area contributed by atoms with Crippen molar-refractivity contribution < 1.29 is 4.74 Å². The lowest BCUT2D eigenvalue weighted by Crippen LogP contribution is -2.16. The van der Waals surface area contributed by atoms with Crippen molar-refractivity contribution in [2.45, 2.75) is 19.3 Å². The molecule has 1 N–H and O–H groups in total. The minimum atomic E-state index is 0.259. The molecule has 0 saturated heterocycles. The van der Waals surface area contributed by atoms with Crippen LogP contribution in [0.15, 0.2) is 36.5 Å². The molecule has 1 aliphatic rings. The Balaban J connectivity index is 1.84. The highest BCUT2D eigenvalue weighted by molar-refractivity contribution is 5.71. The van der Waals surface area contributed by atoms with Crippen LogP contribution in [0, 0.1) is 6.92 Å². The maximum atomic E-state index is 5.71. The van der Waals surface area contributed by atoms with E-state index in [1.54, 1.807) is 0 Å². The number of aromatic nitrogens is 3. The van der Waals surface area contributed by atoms with Gasteiger partial charge in [-0.2, -0.15) is 0 Å². The number of aryl methyl sites for hydroxylation is 1. The third-order valence-corrected chi connectivity index (χ3v) is 3.78. The van der Waals surface area contributed by atoms with Gasteiger partial charge in [0.05, 0.1) is 12.1 Å². The Morgan fingerprint density at radius 3 is 3.15 bits per heavy atom. The second-order valence-corrected chi connectivity index (χ2v) is 5.23.